The molecular formula is C16H20ClNO5. The molecule has 0 N–H and O–H groups in total. The molecule has 23 heavy (non-hydrogen) atoms. The fraction of sp³-hybridized carbons (Fsp3) is 0.500. The van der Waals surface area contributed by atoms with Crippen LogP contribution in [0.4, 0.5) is 0 Å². The summed E-state index contributed by atoms with van der Waals surface area (Å²) in [6.07, 6.45) is 1.13. The van der Waals surface area contributed by atoms with Crippen molar-refractivity contribution in [1.29, 1.82) is 0 Å². The Balaban J connectivity index is 2.11. The van der Waals surface area contributed by atoms with E-state index >= 15 is 0 Å². The maximum absolute atomic E-state index is 12.2. The van der Waals surface area contributed by atoms with Gasteiger partial charge in [0.1, 0.15) is 0 Å². The lowest BCUT2D eigenvalue weighted by molar-refractivity contribution is -0.138. The number of methoxy groups -OCH3 is 2. The highest BCUT2D eigenvalue weighted by Gasteiger charge is 2.27. The zero-order chi connectivity index (χ0) is 17.0. The molecule has 6 nitrogen and oxygen atoms in total. The van der Waals surface area contributed by atoms with E-state index in [2.05, 4.69) is 0 Å². The number of carbonyl (C=O) groups excluding carboxylic acids is 2. The fourth-order valence-corrected chi connectivity index (χ4v) is 2.80. The van der Waals surface area contributed by atoms with Gasteiger partial charge in [-0.3, -0.25) is 4.79 Å². The number of likely N-dealkylation sites (tertiary alicyclic amines) is 1. The first-order chi connectivity index (χ1) is 11.0. The third-order valence-electron chi connectivity index (χ3n) is 3.72. The topological polar surface area (TPSA) is 65.1 Å². The van der Waals surface area contributed by atoms with E-state index in [-0.39, 0.29) is 16.5 Å². The van der Waals surface area contributed by atoms with Crippen LogP contribution in [0.2, 0.25) is 5.02 Å². The maximum atomic E-state index is 12.2. The van der Waals surface area contributed by atoms with Gasteiger partial charge < -0.3 is 19.1 Å². The van der Waals surface area contributed by atoms with Crippen LogP contribution >= 0.6 is 11.6 Å². The van der Waals surface area contributed by atoms with Crippen LogP contribution in [0.1, 0.15) is 30.1 Å². The maximum Gasteiger partial charge on any atom is 0.339 e. The molecule has 1 aliphatic heterocycles. The minimum atomic E-state index is -0.840. The van der Waals surface area contributed by atoms with Gasteiger partial charge in [0.2, 0.25) is 0 Å². The molecule has 0 radical (unpaired) electrons. The van der Waals surface area contributed by atoms with Gasteiger partial charge in [-0.05, 0) is 31.9 Å². The molecule has 126 valence electrons. The zero-order valence-corrected chi connectivity index (χ0v) is 14.2. The first-order valence-electron chi connectivity index (χ1n) is 7.39. The predicted molar refractivity (Wildman–Crippen MR) is 85.2 cm³/mol. The molecule has 7 heteroatoms. The van der Waals surface area contributed by atoms with E-state index in [1.165, 1.54) is 26.4 Å². The fourth-order valence-electron chi connectivity index (χ4n) is 2.51. The molecule has 1 fully saturated rings. The number of carbonyl (C=O) groups is 2. The lowest BCUT2D eigenvalue weighted by atomic mass is 10.2. The van der Waals surface area contributed by atoms with Crippen LogP contribution in [0.5, 0.6) is 11.5 Å². The molecule has 1 aliphatic rings. The number of hydrogen-bond donors (Lipinski definition) is 0. The highest BCUT2D eigenvalue weighted by Crippen LogP contribution is 2.36. The third-order valence-corrected chi connectivity index (χ3v) is 4.00. The van der Waals surface area contributed by atoms with Gasteiger partial charge in [-0.1, -0.05) is 11.6 Å². The Morgan fingerprint density at radius 3 is 2.39 bits per heavy atom. The number of benzene rings is 1. The molecule has 1 aromatic rings. The average molecular weight is 342 g/mol. The molecule has 0 aliphatic carbocycles. The van der Waals surface area contributed by atoms with Gasteiger partial charge in [0.05, 0.1) is 24.8 Å². The number of amides is 1. The van der Waals surface area contributed by atoms with Gasteiger partial charge in [-0.15, -0.1) is 0 Å². The van der Waals surface area contributed by atoms with Gasteiger partial charge in [0.15, 0.2) is 17.6 Å². The van der Waals surface area contributed by atoms with Crippen LogP contribution in [0.3, 0.4) is 0 Å². The molecular weight excluding hydrogens is 322 g/mol. The van der Waals surface area contributed by atoms with Gasteiger partial charge >= 0.3 is 5.97 Å². The van der Waals surface area contributed by atoms with Crippen LogP contribution in [0.15, 0.2) is 12.1 Å². The Morgan fingerprint density at radius 2 is 1.83 bits per heavy atom. The van der Waals surface area contributed by atoms with Crippen molar-refractivity contribution < 1.29 is 23.8 Å². The molecule has 0 spiro atoms. The van der Waals surface area contributed by atoms with E-state index in [0.717, 1.165) is 12.8 Å². The molecule has 1 heterocycles. The van der Waals surface area contributed by atoms with Crippen LogP contribution in [0, 0.1) is 0 Å². The van der Waals surface area contributed by atoms with E-state index in [1.807, 2.05) is 0 Å². The van der Waals surface area contributed by atoms with Crippen molar-refractivity contribution in [3.63, 3.8) is 0 Å². The molecule has 0 unspecified atom stereocenters. The number of ether oxygens (including phenoxy) is 3. The Kier molecular flexibility index (Phi) is 5.71. The number of halogens is 1. The third kappa shape index (κ3) is 3.88. The molecule has 1 atom stereocenters. The van der Waals surface area contributed by atoms with Crippen molar-refractivity contribution in [2.75, 3.05) is 27.3 Å². The Morgan fingerprint density at radius 1 is 1.17 bits per heavy atom. The number of rotatable bonds is 5. The highest BCUT2D eigenvalue weighted by molar-refractivity contribution is 6.32. The minimum Gasteiger partial charge on any atom is -0.493 e. The van der Waals surface area contributed by atoms with Crippen LogP contribution in [-0.4, -0.2) is 50.2 Å². The first kappa shape index (κ1) is 17.4. The summed E-state index contributed by atoms with van der Waals surface area (Å²) in [6.45, 7) is 2.99. The van der Waals surface area contributed by atoms with Crippen molar-refractivity contribution in [2.24, 2.45) is 0 Å². The van der Waals surface area contributed by atoms with Gasteiger partial charge in [0.25, 0.3) is 5.91 Å². The largest absolute Gasteiger partial charge is 0.493 e. The molecule has 0 saturated carbocycles. The monoisotopic (exact) mass is 341 g/mol. The van der Waals surface area contributed by atoms with E-state index in [0.29, 0.717) is 24.6 Å². The van der Waals surface area contributed by atoms with Crippen molar-refractivity contribution in [3.8, 4) is 11.5 Å². The second kappa shape index (κ2) is 7.55. The second-order valence-electron chi connectivity index (χ2n) is 5.27. The van der Waals surface area contributed by atoms with Crippen molar-refractivity contribution in [1.82, 2.24) is 4.90 Å². The van der Waals surface area contributed by atoms with E-state index in [1.54, 1.807) is 11.8 Å². The van der Waals surface area contributed by atoms with E-state index in [4.69, 9.17) is 25.8 Å². The lowest BCUT2D eigenvalue weighted by Crippen LogP contribution is -2.38. The summed E-state index contributed by atoms with van der Waals surface area (Å²) in [6, 6.07) is 2.90. The molecule has 2 rings (SSSR count). The van der Waals surface area contributed by atoms with Crippen molar-refractivity contribution in [2.45, 2.75) is 25.9 Å². The smallest absolute Gasteiger partial charge is 0.339 e. The highest BCUT2D eigenvalue weighted by atomic mass is 35.5. The summed E-state index contributed by atoms with van der Waals surface area (Å²) in [5.41, 5.74) is 0.203. The Labute approximate surface area is 140 Å². The van der Waals surface area contributed by atoms with E-state index < -0.39 is 12.1 Å². The standard InChI is InChI=1S/C16H20ClNO5/c1-10(15(19)18-6-4-5-7-18)23-16(20)11-8-12(17)14(22-3)13(9-11)21-2/h8-10H,4-7H2,1-3H3/t10-/m0/s1. The zero-order valence-electron chi connectivity index (χ0n) is 13.4. The second-order valence-corrected chi connectivity index (χ2v) is 5.68. The summed E-state index contributed by atoms with van der Waals surface area (Å²) in [4.78, 5) is 26.1. The molecule has 0 aromatic heterocycles. The van der Waals surface area contributed by atoms with Crippen molar-refractivity contribution in [3.05, 3.63) is 22.7 Å². The van der Waals surface area contributed by atoms with Gasteiger partial charge in [-0.2, -0.15) is 0 Å². The summed E-state index contributed by atoms with van der Waals surface area (Å²) >= 11 is 6.07. The molecule has 1 saturated heterocycles. The predicted octanol–water partition coefficient (Wildman–Crippen LogP) is 2.52. The number of nitrogens with zero attached hydrogens (tertiary/aromatic N) is 1. The Hall–Kier alpha value is -1.95. The summed E-state index contributed by atoms with van der Waals surface area (Å²) in [7, 11) is 2.90. The lowest BCUT2D eigenvalue weighted by Gasteiger charge is -2.20. The SMILES string of the molecule is COc1cc(C(=O)O[C@@H](C)C(=O)N2CCCC2)cc(Cl)c1OC. The molecule has 1 amide bonds. The van der Waals surface area contributed by atoms with E-state index in [9.17, 15) is 9.59 Å². The van der Waals surface area contributed by atoms with Gasteiger partial charge in [0, 0.05) is 13.1 Å². The Bertz CT molecular complexity index is 598. The van der Waals surface area contributed by atoms with Crippen LogP contribution in [0.25, 0.3) is 0 Å². The number of hydrogen-bond acceptors (Lipinski definition) is 5. The number of esters is 1. The minimum absolute atomic E-state index is 0.178. The normalized spacial score (nSPS) is 15.2. The molecule has 0 bridgehead atoms. The summed E-state index contributed by atoms with van der Waals surface area (Å²) < 4.78 is 15.5. The average Bonchev–Trinajstić information content (AvgIpc) is 3.07. The quantitative estimate of drug-likeness (QED) is 0.770. The molecule has 1 aromatic carbocycles. The van der Waals surface area contributed by atoms with Gasteiger partial charge in [-0.25, -0.2) is 4.79 Å². The van der Waals surface area contributed by atoms with Crippen LogP contribution in [-0.2, 0) is 9.53 Å². The summed E-state index contributed by atoms with van der Waals surface area (Å²) in [5, 5.41) is 0.234. The van der Waals surface area contributed by atoms with Crippen LogP contribution < -0.4 is 9.47 Å². The summed E-state index contributed by atoms with van der Waals surface area (Å²) in [5.74, 6) is -0.146. The van der Waals surface area contributed by atoms with Crippen molar-refractivity contribution >= 4 is 23.5 Å². The first-order valence-corrected chi connectivity index (χ1v) is 7.77.